The van der Waals surface area contributed by atoms with Gasteiger partial charge in [-0.25, -0.2) is 8.42 Å². The van der Waals surface area contributed by atoms with Gasteiger partial charge in [-0.15, -0.1) is 0 Å². The fourth-order valence-corrected chi connectivity index (χ4v) is 4.25. The summed E-state index contributed by atoms with van der Waals surface area (Å²) in [6.07, 6.45) is 3.91. The van der Waals surface area contributed by atoms with Crippen LogP contribution in [0.4, 0.5) is 0 Å². The largest absolute Gasteiger partial charge is 0.480 e. The van der Waals surface area contributed by atoms with Gasteiger partial charge in [-0.3, -0.25) is 4.79 Å². The standard InChI is InChI=1S/C11H19NO4S/c1-11(4-5-11)6-8-17(15,16)12-7-2-3-9(12)10(13)14/h9H,2-8H2,1H3,(H,13,14)/t9-/m1/s1. The van der Waals surface area contributed by atoms with Crippen molar-refractivity contribution < 1.29 is 18.3 Å². The highest BCUT2D eigenvalue weighted by atomic mass is 32.2. The van der Waals surface area contributed by atoms with Crippen LogP contribution in [0.25, 0.3) is 0 Å². The van der Waals surface area contributed by atoms with Crippen LogP contribution in [0.2, 0.25) is 0 Å². The summed E-state index contributed by atoms with van der Waals surface area (Å²) in [5.74, 6) is -0.934. The molecule has 0 amide bonds. The molecule has 17 heavy (non-hydrogen) atoms. The summed E-state index contributed by atoms with van der Waals surface area (Å²) in [5.41, 5.74) is 0.186. The highest BCUT2D eigenvalue weighted by Gasteiger charge is 2.42. The Hall–Kier alpha value is -0.620. The molecule has 1 heterocycles. The zero-order valence-electron chi connectivity index (χ0n) is 10.1. The molecule has 1 aliphatic carbocycles. The minimum absolute atomic E-state index is 0.0906. The second-order valence-electron chi connectivity index (χ2n) is 5.48. The summed E-state index contributed by atoms with van der Waals surface area (Å²) in [7, 11) is -3.39. The highest BCUT2D eigenvalue weighted by molar-refractivity contribution is 7.89. The maximum Gasteiger partial charge on any atom is 0.322 e. The Morgan fingerprint density at radius 2 is 2.12 bits per heavy atom. The number of carboxylic acid groups (broad SMARTS) is 1. The summed E-state index contributed by atoms with van der Waals surface area (Å²) in [6, 6.07) is -0.841. The maximum atomic E-state index is 12.1. The number of sulfonamides is 1. The van der Waals surface area contributed by atoms with Crippen molar-refractivity contribution in [1.29, 1.82) is 0 Å². The van der Waals surface area contributed by atoms with Crippen LogP contribution in [0.15, 0.2) is 0 Å². The zero-order valence-corrected chi connectivity index (χ0v) is 10.9. The van der Waals surface area contributed by atoms with E-state index in [0.717, 1.165) is 12.8 Å². The highest BCUT2D eigenvalue weighted by Crippen LogP contribution is 2.48. The fourth-order valence-electron chi connectivity index (χ4n) is 2.28. The van der Waals surface area contributed by atoms with Gasteiger partial charge in [0, 0.05) is 6.54 Å². The molecule has 1 saturated carbocycles. The van der Waals surface area contributed by atoms with Crippen molar-refractivity contribution in [3.8, 4) is 0 Å². The van der Waals surface area contributed by atoms with Crippen LogP contribution in [0.5, 0.6) is 0 Å². The molecule has 1 N–H and O–H groups in total. The van der Waals surface area contributed by atoms with Crippen molar-refractivity contribution in [3.05, 3.63) is 0 Å². The first-order chi connectivity index (χ1) is 7.84. The first-order valence-corrected chi connectivity index (χ1v) is 7.67. The SMILES string of the molecule is CC1(CCS(=O)(=O)N2CCC[C@@H]2C(=O)O)CC1. The van der Waals surface area contributed by atoms with E-state index in [2.05, 4.69) is 6.92 Å². The van der Waals surface area contributed by atoms with Gasteiger partial charge in [0.1, 0.15) is 6.04 Å². The van der Waals surface area contributed by atoms with Gasteiger partial charge in [-0.2, -0.15) is 4.31 Å². The second-order valence-corrected chi connectivity index (χ2v) is 7.52. The first kappa shape index (κ1) is 12.8. The maximum absolute atomic E-state index is 12.1. The van der Waals surface area contributed by atoms with Crippen LogP contribution in [0.1, 0.15) is 39.0 Å². The average molecular weight is 261 g/mol. The molecule has 1 atom stereocenters. The van der Waals surface area contributed by atoms with Crippen molar-refractivity contribution >= 4 is 16.0 Å². The van der Waals surface area contributed by atoms with Gasteiger partial charge in [0.15, 0.2) is 0 Å². The van der Waals surface area contributed by atoms with Crippen LogP contribution in [0.3, 0.4) is 0 Å². The lowest BCUT2D eigenvalue weighted by Crippen LogP contribution is -2.41. The Kier molecular flexibility index (Phi) is 3.20. The van der Waals surface area contributed by atoms with Gasteiger partial charge in [0.25, 0.3) is 0 Å². The quantitative estimate of drug-likeness (QED) is 0.803. The normalized spacial score (nSPS) is 28.2. The van der Waals surface area contributed by atoms with Crippen molar-refractivity contribution in [1.82, 2.24) is 4.31 Å². The van der Waals surface area contributed by atoms with Gasteiger partial charge >= 0.3 is 5.97 Å². The molecule has 2 fully saturated rings. The minimum atomic E-state index is -3.39. The summed E-state index contributed by atoms with van der Waals surface area (Å²) in [6.45, 7) is 2.44. The Morgan fingerprint density at radius 3 is 2.65 bits per heavy atom. The molecule has 6 heteroatoms. The van der Waals surface area contributed by atoms with Gasteiger partial charge in [0.05, 0.1) is 5.75 Å². The van der Waals surface area contributed by atoms with E-state index < -0.39 is 22.0 Å². The molecule has 0 aromatic rings. The van der Waals surface area contributed by atoms with E-state index in [-0.39, 0.29) is 11.2 Å². The minimum Gasteiger partial charge on any atom is -0.480 e. The lowest BCUT2D eigenvalue weighted by molar-refractivity contribution is -0.140. The van der Waals surface area contributed by atoms with Crippen molar-refractivity contribution in [2.24, 2.45) is 5.41 Å². The van der Waals surface area contributed by atoms with Gasteiger partial charge < -0.3 is 5.11 Å². The first-order valence-electron chi connectivity index (χ1n) is 6.06. The molecule has 0 unspecified atom stereocenters. The van der Waals surface area contributed by atoms with E-state index in [1.165, 1.54) is 4.31 Å². The Balaban J connectivity index is 2.01. The molecule has 2 rings (SSSR count). The smallest absolute Gasteiger partial charge is 0.322 e. The summed E-state index contributed by atoms with van der Waals surface area (Å²) in [5, 5.41) is 8.98. The van der Waals surface area contributed by atoms with Crippen LogP contribution < -0.4 is 0 Å². The molecular formula is C11H19NO4S. The molecule has 5 nitrogen and oxygen atoms in total. The van der Waals surface area contributed by atoms with E-state index in [4.69, 9.17) is 5.11 Å². The van der Waals surface area contributed by atoms with Crippen molar-refractivity contribution in [3.63, 3.8) is 0 Å². The molecule has 0 bridgehead atoms. The van der Waals surface area contributed by atoms with E-state index in [1.54, 1.807) is 0 Å². The number of nitrogens with zero attached hydrogens (tertiary/aromatic N) is 1. The number of carboxylic acids is 1. The predicted molar refractivity (Wildman–Crippen MR) is 63.1 cm³/mol. The monoisotopic (exact) mass is 261 g/mol. The summed E-state index contributed by atoms with van der Waals surface area (Å²) in [4.78, 5) is 11.0. The van der Waals surface area contributed by atoms with E-state index >= 15 is 0 Å². The Labute approximate surface area is 102 Å². The summed E-state index contributed by atoms with van der Waals surface area (Å²) < 4.78 is 25.4. The number of carbonyl (C=O) groups is 1. The van der Waals surface area contributed by atoms with E-state index in [0.29, 0.717) is 25.8 Å². The topological polar surface area (TPSA) is 74.7 Å². The zero-order chi connectivity index (χ0) is 12.7. The third kappa shape index (κ3) is 2.80. The fraction of sp³-hybridized carbons (Fsp3) is 0.909. The molecule has 98 valence electrons. The molecule has 0 aromatic heterocycles. The number of rotatable bonds is 5. The van der Waals surface area contributed by atoms with Crippen LogP contribution in [-0.2, 0) is 14.8 Å². The van der Waals surface area contributed by atoms with E-state index in [9.17, 15) is 13.2 Å². The molecule has 0 aromatic carbocycles. The van der Waals surface area contributed by atoms with Gasteiger partial charge in [-0.05, 0) is 37.5 Å². The third-order valence-corrected chi connectivity index (χ3v) is 5.78. The van der Waals surface area contributed by atoms with Crippen LogP contribution in [0, 0.1) is 5.41 Å². The van der Waals surface area contributed by atoms with Gasteiger partial charge in [0.2, 0.25) is 10.0 Å². The molecule has 1 aliphatic heterocycles. The molecule has 1 saturated heterocycles. The molecule has 0 spiro atoms. The van der Waals surface area contributed by atoms with Crippen molar-refractivity contribution in [2.75, 3.05) is 12.3 Å². The average Bonchev–Trinajstić information content (AvgIpc) is 2.81. The molecule has 0 radical (unpaired) electrons. The summed E-state index contributed by atoms with van der Waals surface area (Å²) >= 11 is 0. The Morgan fingerprint density at radius 1 is 1.47 bits per heavy atom. The lowest BCUT2D eigenvalue weighted by Gasteiger charge is -2.21. The number of aliphatic carboxylic acids is 1. The molecular weight excluding hydrogens is 242 g/mol. The van der Waals surface area contributed by atoms with E-state index in [1.807, 2.05) is 0 Å². The number of hydrogen-bond donors (Lipinski definition) is 1. The second kappa shape index (κ2) is 4.24. The molecule has 2 aliphatic rings. The lowest BCUT2D eigenvalue weighted by atomic mass is 10.1. The third-order valence-electron chi connectivity index (χ3n) is 3.91. The van der Waals surface area contributed by atoms with Crippen LogP contribution >= 0.6 is 0 Å². The number of hydrogen-bond acceptors (Lipinski definition) is 3. The van der Waals surface area contributed by atoms with Gasteiger partial charge in [-0.1, -0.05) is 6.92 Å². The predicted octanol–water partition coefficient (Wildman–Crippen LogP) is 1.06. The van der Waals surface area contributed by atoms with Crippen LogP contribution in [-0.4, -0.2) is 42.1 Å². The van der Waals surface area contributed by atoms with Crippen molar-refractivity contribution in [2.45, 2.75) is 45.1 Å². The Bertz CT molecular complexity index is 413.